The molecule has 0 amide bonds. The molecule has 1 aromatic rings. The molecule has 102 valence electrons. The predicted molar refractivity (Wildman–Crippen MR) is 72.6 cm³/mol. The van der Waals surface area contributed by atoms with E-state index in [1.54, 1.807) is 0 Å². The SMILES string of the molecule is COc1ccc(S(=O)(=O)NC(C)C(C)C)cc1Cl. The number of sulfonamides is 1. The van der Waals surface area contributed by atoms with Crippen LogP contribution in [0, 0.1) is 5.92 Å². The van der Waals surface area contributed by atoms with Crippen LogP contribution in [0.25, 0.3) is 0 Å². The number of benzene rings is 1. The number of hydrogen-bond donors (Lipinski definition) is 1. The van der Waals surface area contributed by atoms with Crippen molar-refractivity contribution >= 4 is 21.6 Å². The van der Waals surface area contributed by atoms with Gasteiger partial charge in [0, 0.05) is 6.04 Å². The van der Waals surface area contributed by atoms with Gasteiger partial charge in [-0.2, -0.15) is 0 Å². The van der Waals surface area contributed by atoms with E-state index in [0.29, 0.717) is 5.75 Å². The molecule has 1 rings (SSSR count). The Bertz CT molecular complexity index is 514. The van der Waals surface area contributed by atoms with Gasteiger partial charge in [-0.25, -0.2) is 13.1 Å². The number of rotatable bonds is 5. The fraction of sp³-hybridized carbons (Fsp3) is 0.500. The summed E-state index contributed by atoms with van der Waals surface area (Å²) in [6.45, 7) is 5.73. The standard InChI is InChI=1S/C12H18ClNO3S/c1-8(2)9(3)14-18(15,16)10-5-6-12(17-4)11(13)7-10/h5-9,14H,1-4H3. The first-order valence-electron chi connectivity index (χ1n) is 5.64. The third-order valence-electron chi connectivity index (χ3n) is 2.77. The number of methoxy groups -OCH3 is 1. The molecule has 1 aromatic carbocycles. The smallest absolute Gasteiger partial charge is 0.240 e. The van der Waals surface area contributed by atoms with E-state index in [0.717, 1.165) is 0 Å². The number of hydrogen-bond acceptors (Lipinski definition) is 3. The second-order valence-corrected chi connectivity index (χ2v) is 6.57. The Hall–Kier alpha value is -0.780. The molecule has 1 atom stereocenters. The molecule has 0 radical (unpaired) electrons. The molecule has 0 heterocycles. The van der Waals surface area contributed by atoms with E-state index in [4.69, 9.17) is 16.3 Å². The third-order valence-corrected chi connectivity index (χ3v) is 4.63. The first kappa shape index (κ1) is 15.3. The molecule has 0 saturated heterocycles. The Balaban J connectivity index is 3.02. The van der Waals surface area contributed by atoms with Gasteiger partial charge in [-0.1, -0.05) is 25.4 Å². The average Bonchev–Trinajstić information content (AvgIpc) is 2.28. The molecule has 0 aliphatic rings. The normalized spacial score (nSPS) is 13.7. The van der Waals surface area contributed by atoms with Gasteiger partial charge >= 0.3 is 0 Å². The minimum Gasteiger partial charge on any atom is -0.495 e. The van der Waals surface area contributed by atoms with Crippen LogP contribution in [-0.4, -0.2) is 21.6 Å². The van der Waals surface area contributed by atoms with Crippen molar-refractivity contribution in [1.29, 1.82) is 0 Å². The highest BCUT2D eigenvalue weighted by Gasteiger charge is 2.20. The molecule has 4 nitrogen and oxygen atoms in total. The minimum absolute atomic E-state index is 0.140. The second-order valence-electron chi connectivity index (χ2n) is 4.45. The average molecular weight is 292 g/mol. The highest BCUT2D eigenvalue weighted by Crippen LogP contribution is 2.27. The van der Waals surface area contributed by atoms with Crippen LogP contribution < -0.4 is 9.46 Å². The van der Waals surface area contributed by atoms with Crippen molar-refractivity contribution in [3.8, 4) is 5.75 Å². The molecule has 6 heteroatoms. The molecule has 1 unspecified atom stereocenters. The van der Waals surface area contributed by atoms with Gasteiger partial charge in [0.05, 0.1) is 17.0 Å². The maximum Gasteiger partial charge on any atom is 0.240 e. The van der Waals surface area contributed by atoms with Crippen LogP contribution in [0.4, 0.5) is 0 Å². The molecule has 0 saturated carbocycles. The minimum atomic E-state index is -3.54. The molecule has 0 aliphatic heterocycles. The Kier molecular flexibility index (Phi) is 5.01. The summed E-state index contributed by atoms with van der Waals surface area (Å²) >= 11 is 5.92. The summed E-state index contributed by atoms with van der Waals surface area (Å²) in [6.07, 6.45) is 0. The van der Waals surface area contributed by atoms with E-state index in [1.807, 2.05) is 20.8 Å². The maximum atomic E-state index is 12.1. The van der Waals surface area contributed by atoms with Gasteiger partial charge < -0.3 is 4.74 Å². The lowest BCUT2D eigenvalue weighted by atomic mass is 10.1. The van der Waals surface area contributed by atoms with Gasteiger partial charge in [-0.3, -0.25) is 0 Å². The molecular weight excluding hydrogens is 274 g/mol. The summed E-state index contributed by atoms with van der Waals surface area (Å²) in [5, 5.41) is 0.276. The highest BCUT2D eigenvalue weighted by atomic mass is 35.5. The molecule has 0 aliphatic carbocycles. The van der Waals surface area contributed by atoms with Crippen LogP contribution >= 0.6 is 11.6 Å². The third kappa shape index (κ3) is 3.60. The van der Waals surface area contributed by atoms with Crippen molar-refractivity contribution < 1.29 is 13.2 Å². The van der Waals surface area contributed by atoms with Crippen molar-refractivity contribution in [1.82, 2.24) is 4.72 Å². The molecule has 1 N–H and O–H groups in total. The maximum absolute atomic E-state index is 12.1. The van der Waals surface area contributed by atoms with Gasteiger partial charge in [-0.05, 0) is 31.0 Å². The number of ether oxygens (including phenoxy) is 1. The van der Waals surface area contributed by atoms with E-state index >= 15 is 0 Å². The fourth-order valence-electron chi connectivity index (χ4n) is 1.26. The van der Waals surface area contributed by atoms with Crippen molar-refractivity contribution in [2.24, 2.45) is 5.92 Å². The van der Waals surface area contributed by atoms with E-state index in [9.17, 15) is 8.42 Å². The van der Waals surface area contributed by atoms with Crippen molar-refractivity contribution in [2.45, 2.75) is 31.7 Å². The molecular formula is C12H18ClNO3S. The zero-order chi connectivity index (χ0) is 13.9. The molecule has 18 heavy (non-hydrogen) atoms. The van der Waals surface area contributed by atoms with Gasteiger partial charge in [0.25, 0.3) is 0 Å². The van der Waals surface area contributed by atoms with Crippen LogP contribution in [0.3, 0.4) is 0 Å². The van der Waals surface area contributed by atoms with Crippen molar-refractivity contribution in [3.63, 3.8) is 0 Å². The molecule has 0 aromatic heterocycles. The largest absolute Gasteiger partial charge is 0.495 e. The quantitative estimate of drug-likeness (QED) is 0.907. The van der Waals surface area contributed by atoms with Gasteiger partial charge in [-0.15, -0.1) is 0 Å². The van der Waals surface area contributed by atoms with Crippen LogP contribution in [0.5, 0.6) is 5.75 Å². The Morgan fingerprint density at radius 3 is 2.33 bits per heavy atom. The first-order valence-corrected chi connectivity index (χ1v) is 7.50. The molecule has 0 spiro atoms. The molecule has 0 fully saturated rings. The second kappa shape index (κ2) is 5.91. The highest BCUT2D eigenvalue weighted by molar-refractivity contribution is 7.89. The monoisotopic (exact) mass is 291 g/mol. The van der Waals surface area contributed by atoms with Crippen LogP contribution in [0.1, 0.15) is 20.8 Å². The van der Waals surface area contributed by atoms with Crippen molar-refractivity contribution in [2.75, 3.05) is 7.11 Å². The summed E-state index contributed by atoms with van der Waals surface area (Å²) < 4.78 is 31.8. The summed E-state index contributed by atoms with van der Waals surface area (Å²) in [5.74, 6) is 0.668. The Morgan fingerprint density at radius 2 is 1.89 bits per heavy atom. The predicted octanol–water partition coefficient (Wildman–Crippen LogP) is 2.67. The van der Waals surface area contributed by atoms with E-state index in [2.05, 4.69) is 4.72 Å². The Labute approximate surface area is 113 Å². The fourth-order valence-corrected chi connectivity index (χ4v) is 3.00. The van der Waals surface area contributed by atoms with Crippen LogP contribution in [0.2, 0.25) is 5.02 Å². The zero-order valence-corrected chi connectivity index (χ0v) is 12.5. The summed E-state index contributed by atoms with van der Waals surface area (Å²) in [5.41, 5.74) is 0. The summed E-state index contributed by atoms with van der Waals surface area (Å²) in [6, 6.07) is 4.25. The summed E-state index contributed by atoms with van der Waals surface area (Å²) in [4.78, 5) is 0.140. The number of halogens is 1. The van der Waals surface area contributed by atoms with E-state index in [1.165, 1.54) is 25.3 Å². The lowest BCUT2D eigenvalue weighted by molar-refractivity contribution is 0.414. The van der Waals surface area contributed by atoms with Gasteiger partial charge in [0.1, 0.15) is 5.75 Å². The topological polar surface area (TPSA) is 55.4 Å². The summed E-state index contributed by atoms with van der Waals surface area (Å²) in [7, 11) is -2.06. The van der Waals surface area contributed by atoms with Crippen LogP contribution in [0.15, 0.2) is 23.1 Å². The van der Waals surface area contributed by atoms with Gasteiger partial charge in [0.2, 0.25) is 10.0 Å². The van der Waals surface area contributed by atoms with E-state index < -0.39 is 10.0 Å². The Morgan fingerprint density at radius 1 is 1.28 bits per heavy atom. The lowest BCUT2D eigenvalue weighted by Gasteiger charge is -2.17. The number of nitrogens with one attached hydrogen (secondary N) is 1. The van der Waals surface area contributed by atoms with Crippen molar-refractivity contribution in [3.05, 3.63) is 23.2 Å². The first-order chi connectivity index (χ1) is 8.27. The van der Waals surface area contributed by atoms with Crippen LogP contribution in [-0.2, 0) is 10.0 Å². The van der Waals surface area contributed by atoms with Gasteiger partial charge in [0.15, 0.2) is 0 Å². The molecule has 0 bridgehead atoms. The lowest BCUT2D eigenvalue weighted by Crippen LogP contribution is -2.36. The zero-order valence-electron chi connectivity index (χ0n) is 10.9. The van der Waals surface area contributed by atoms with E-state index in [-0.39, 0.29) is 21.9 Å².